The molecule has 0 amide bonds. The van der Waals surface area contributed by atoms with Crippen molar-refractivity contribution in [2.75, 3.05) is 13.2 Å². The molecule has 2 aromatic rings. The van der Waals surface area contributed by atoms with Crippen LogP contribution in [-0.4, -0.2) is 39.7 Å². The third-order valence-electron chi connectivity index (χ3n) is 2.39. The summed E-state index contributed by atoms with van der Waals surface area (Å²) in [6, 6.07) is 4.03. The Labute approximate surface area is 103 Å². The van der Waals surface area contributed by atoms with Gasteiger partial charge in [0.1, 0.15) is 0 Å². The zero-order chi connectivity index (χ0) is 12.1. The normalized spacial score (nSPS) is 12.8. The van der Waals surface area contributed by atoms with E-state index in [9.17, 15) is 5.11 Å². The summed E-state index contributed by atoms with van der Waals surface area (Å²) in [7, 11) is 0. The third-order valence-corrected chi connectivity index (χ3v) is 3.28. The van der Waals surface area contributed by atoms with Gasteiger partial charge in [-0.25, -0.2) is 0 Å². The van der Waals surface area contributed by atoms with Crippen molar-refractivity contribution in [2.45, 2.75) is 12.6 Å². The maximum absolute atomic E-state index is 9.21. The highest BCUT2D eigenvalue weighted by atomic mass is 32.1. The van der Waals surface area contributed by atoms with Crippen molar-refractivity contribution in [1.29, 1.82) is 0 Å². The van der Waals surface area contributed by atoms with Crippen LogP contribution >= 0.6 is 11.3 Å². The van der Waals surface area contributed by atoms with E-state index in [1.807, 2.05) is 17.5 Å². The number of aromatic amines is 1. The number of rotatable bonds is 6. The molecule has 1 unspecified atom stereocenters. The van der Waals surface area contributed by atoms with Crippen LogP contribution in [-0.2, 0) is 6.54 Å². The van der Waals surface area contributed by atoms with Gasteiger partial charge in [0.25, 0.3) is 0 Å². The van der Waals surface area contributed by atoms with Gasteiger partial charge in [-0.2, -0.15) is 5.10 Å². The number of H-pyrrole nitrogens is 1. The molecule has 0 aliphatic carbocycles. The summed E-state index contributed by atoms with van der Waals surface area (Å²) in [6.45, 7) is 0.753. The molecule has 2 aromatic heterocycles. The summed E-state index contributed by atoms with van der Waals surface area (Å²) in [6.07, 6.45) is 1.06. The van der Waals surface area contributed by atoms with Gasteiger partial charge in [-0.05, 0) is 11.4 Å². The fraction of sp³-hybridized carbons (Fsp3) is 0.364. The van der Waals surface area contributed by atoms with Gasteiger partial charge in [0.15, 0.2) is 0 Å². The molecule has 0 fully saturated rings. The molecule has 5 nitrogen and oxygen atoms in total. The molecule has 0 bridgehead atoms. The molecule has 17 heavy (non-hydrogen) atoms. The van der Waals surface area contributed by atoms with Gasteiger partial charge in [-0.1, -0.05) is 6.07 Å². The fourth-order valence-corrected chi connectivity index (χ4v) is 2.27. The van der Waals surface area contributed by atoms with Crippen molar-refractivity contribution < 1.29 is 10.2 Å². The van der Waals surface area contributed by atoms with Gasteiger partial charge in [0.05, 0.1) is 29.5 Å². The van der Waals surface area contributed by atoms with E-state index < -0.39 is 6.10 Å². The van der Waals surface area contributed by atoms with E-state index in [1.54, 1.807) is 17.5 Å². The Morgan fingerprint density at radius 3 is 3.12 bits per heavy atom. The van der Waals surface area contributed by atoms with Crippen molar-refractivity contribution in [1.82, 2.24) is 15.5 Å². The number of hydrogen-bond donors (Lipinski definition) is 4. The molecule has 2 heterocycles. The number of aliphatic hydroxyl groups is 2. The highest BCUT2D eigenvalue weighted by molar-refractivity contribution is 7.13. The van der Waals surface area contributed by atoms with Crippen LogP contribution < -0.4 is 5.32 Å². The van der Waals surface area contributed by atoms with Crippen LogP contribution in [0.5, 0.6) is 0 Å². The number of aliphatic hydroxyl groups excluding tert-OH is 2. The Bertz CT molecular complexity index is 441. The molecule has 0 saturated heterocycles. The molecule has 1 atom stereocenters. The zero-order valence-electron chi connectivity index (χ0n) is 9.26. The van der Waals surface area contributed by atoms with E-state index >= 15 is 0 Å². The van der Waals surface area contributed by atoms with Crippen LogP contribution in [0.3, 0.4) is 0 Å². The minimum Gasteiger partial charge on any atom is -0.394 e. The zero-order valence-corrected chi connectivity index (χ0v) is 10.1. The first-order valence-corrected chi connectivity index (χ1v) is 6.25. The molecule has 2 rings (SSSR count). The van der Waals surface area contributed by atoms with Crippen LogP contribution in [0.15, 0.2) is 23.7 Å². The van der Waals surface area contributed by atoms with Gasteiger partial charge in [-0.15, -0.1) is 11.3 Å². The number of hydrogen-bond acceptors (Lipinski definition) is 5. The molecule has 0 spiro atoms. The Balaban J connectivity index is 1.96. The monoisotopic (exact) mass is 253 g/mol. The van der Waals surface area contributed by atoms with Crippen molar-refractivity contribution >= 4 is 11.3 Å². The third kappa shape index (κ3) is 3.13. The van der Waals surface area contributed by atoms with Crippen molar-refractivity contribution in [2.24, 2.45) is 0 Å². The van der Waals surface area contributed by atoms with Gasteiger partial charge in [-0.3, -0.25) is 5.10 Å². The lowest BCUT2D eigenvalue weighted by Crippen LogP contribution is -2.28. The minimum atomic E-state index is -0.716. The van der Waals surface area contributed by atoms with E-state index in [0.29, 0.717) is 13.1 Å². The summed E-state index contributed by atoms with van der Waals surface area (Å²) in [4.78, 5) is 1.14. The highest BCUT2D eigenvalue weighted by Gasteiger charge is 2.08. The highest BCUT2D eigenvalue weighted by Crippen LogP contribution is 2.25. The molecule has 6 heteroatoms. The maximum Gasteiger partial charge on any atom is 0.0895 e. The average Bonchev–Trinajstić information content (AvgIpc) is 2.98. The van der Waals surface area contributed by atoms with E-state index in [2.05, 4.69) is 15.5 Å². The van der Waals surface area contributed by atoms with E-state index in [4.69, 9.17) is 5.11 Å². The van der Waals surface area contributed by atoms with Crippen LogP contribution in [0, 0.1) is 0 Å². The molecule has 0 aliphatic heterocycles. The van der Waals surface area contributed by atoms with Gasteiger partial charge in [0.2, 0.25) is 0 Å². The number of thiophene rings is 1. The van der Waals surface area contributed by atoms with Crippen molar-refractivity contribution in [3.63, 3.8) is 0 Å². The molecule has 92 valence electrons. The van der Waals surface area contributed by atoms with E-state index in [1.165, 1.54) is 0 Å². The standard InChI is InChI=1S/C11H15N3O2S/c15-7-9(16)6-12-4-8-5-13-14-11(8)10-2-1-3-17-10/h1-3,5,9,12,15-16H,4,6-7H2,(H,13,14). The molecule has 0 aliphatic rings. The first kappa shape index (κ1) is 12.3. The van der Waals surface area contributed by atoms with Gasteiger partial charge >= 0.3 is 0 Å². The molecular weight excluding hydrogens is 238 g/mol. The number of nitrogens with one attached hydrogen (secondary N) is 2. The smallest absolute Gasteiger partial charge is 0.0895 e. The Morgan fingerprint density at radius 2 is 2.41 bits per heavy atom. The summed E-state index contributed by atoms with van der Waals surface area (Å²) in [5.74, 6) is 0. The summed E-state index contributed by atoms with van der Waals surface area (Å²) in [5, 5.41) is 30.0. The van der Waals surface area contributed by atoms with Gasteiger partial charge < -0.3 is 15.5 Å². The average molecular weight is 253 g/mol. The minimum absolute atomic E-state index is 0.226. The topological polar surface area (TPSA) is 81.2 Å². The summed E-state index contributed by atoms with van der Waals surface area (Å²) >= 11 is 1.65. The number of aromatic nitrogens is 2. The van der Waals surface area contributed by atoms with Crippen molar-refractivity contribution in [3.05, 3.63) is 29.3 Å². The quantitative estimate of drug-likeness (QED) is 0.607. The van der Waals surface area contributed by atoms with Crippen LogP contribution in [0.2, 0.25) is 0 Å². The van der Waals surface area contributed by atoms with E-state index in [-0.39, 0.29) is 6.61 Å². The van der Waals surface area contributed by atoms with Gasteiger partial charge in [0, 0.05) is 18.7 Å². The fourth-order valence-electron chi connectivity index (χ4n) is 1.52. The van der Waals surface area contributed by atoms with Crippen LogP contribution in [0.4, 0.5) is 0 Å². The summed E-state index contributed by atoms with van der Waals surface area (Å²) < 4.78 is 0. The second-order valence-electron chi connectivity index (χ2n) is 3.71. The molecule has 0 radical (unpaired) electrons. The first-order valence-electron chi connectivity index (χ1n) is 5.37. The molecule has 4 N–H and O–H groups in total. The SMILES string of the molecule is OCC(O)CNCc1cn[nH]c1-c1cccs1. The van der Waals surface area contributed by atoms with Crippen molar-refractivity contribution in [3.8, 4) is 10.6 Å². The lowest BCUT2D eigenvalue weighted by atomic mass is 10.2. The second kappa shape index (κ2) is 5.92. The Kier molecular flexibility index (Phi) is 4.27. The second-order valence-corrected chi connectivity index (χ2v) is 4.66. The van der Waals surface area contributed by atoms with Crippen LogP contribution in [0.25, 0.3) is 10.6 Å². The van der Waals surface area contributed by atoms with Crippen LogP contribution in [0.1, 0.15) is 5.56 Å². The molecular formula is C11H15N3O2S. The summed E-state index contributed by atoms with van der Waals surface area (Å²) in [5.41, 5.74) is 2.06. The predicted molar refractivity (Wildman–Crippen MR) is 66.7 cm³/mol. The first-order chi connectivity index (χ1) is 8.31. The lowest BCUT2D eigenvalue weighted by Gasteiger charge is -2.08. The molecule has 0 saturated carbocycles. The largest absolute Gasteiger partial charge is 0.394 e. The lowest BCUT2D eigenvalue weighted by molar-refractivity contribution is 0.0942. The number of nitrogens with zero attached hydrogens (tertiary/aromatic N) is 1. The predicted octanol–water partition coefficient (Wildman–Crippen LogP) is 0.581. The Hall–Kier alpha value is -1.21. The Morgan fingerprint density at radius 1 is 1.53 bits per heavy atom. The van der Waals surface area contributed by atoms with E-state index in [0.717, 1.165) is 16.1 Å². The molecule has 0 aromatic carbocycles. The maximum atomic E-state index is 9.21.